The highest BCUT2D eigenvalue weighted by atomic mass is 32.2. The van der Waals surface area contributed by atoms with E-state index in [4.69, 9.17) is 4.74 Å². The maximum absolute atomic E-state index is 12.3. The number of rotatable bonds is 4. The third-order valence-corrected chi connectivity index (χ3v) is 5.63. The van der Waals surface area contributed by atoms with E-state index < -0.39 is 6.10 Å². The van der Waals surface area contributed by atoms with Crippen molar-refractivity contribution < 1.29 is 14.3 Å². The number of ether oxygens (including phenoxy) is 1. The maximum atomic E-state index is 12.3. The van der Waals surface area contributed by atoms with Crippen LogP contribution >= 0.6 is 11.8 Å². The average molecular weight is 368 g/mol. The topological polar surface area (TPSA) is 67.4 Å². The fraction of sp³-hybridized carbons (Fsp3) is 0.300. The fourth-order valence-electron chi connectivity index (χ4n) is 3.27. The molecule has 0 saturated heterocycles. The first-order valence-corrected chi connectivity index (χ1v) is 9.73. The quantitative estimate of drug-likeness (QED) is 0.809. The number of hydrogen-bond donors (Lipinski definition) is 2. The van der Waals surface area contributed by atoms with Gasteiger partial charge < -0.3 is 15.4 Å². The Balaban J connectivity index is 1.36. The number of nitrogens with one attached hydrogen (secondary N) is 2. The van der Waals surface area contributed by atoms with Crippen molar-refractivity contribution in [3.63, 3.8) is 0 Å². The monoisotopic (exact) mass is 368 g/mol. The molecule has 0 saturated carbocycles. The highest BCUT2D eigenvalue weighted by Crippen LogP contribution is 2.32. The summed E-state index contributed by atoms with van der Waals surface area (Å²) in [7, 11) is 0. The van der Waals surface area contributed by atoms with Gasteiger partial charge in [0.2, 0.25) is 5.91 Å². The van der Waals surface area contributed by atoms with E-state index in [2.05, 4.69) is 28.8 Å². The van der Waals surface area contributed by atoms with E-state index in [9.17, 15) is 9.59 Å². The molecule has 2 amide bonds. The molecule has 0 aromatic heterocycles. The zero-order chi connectivity index (χ0) is 18.1. The molecule has 0 spiro atoms. The molecule has 2 aromatic rings. The summed E-state index contributed by atoms with van der Waals surface area (Å²) in [6.45, 7) is 1.70. The van der Waals surface area contributed by atoms with Crippen LogP contribution < -0.4 is 15.4 Å². The molecule has 2 aliphatic rings. The summed E-state index contributed by atoms with van der Waals surface area (Å²) in [6.07, 6.45) is 3.02. The molecule has 0 unspecified atom stereocenters. The molecule has 1 aliphatic carbocycles. The van der Waals surface area contributed by atoms with Gasteiger partial charge in [-0.15, -0.1) is 11.8 Å². The van der Waals surface area contributed by atoms with Gasteiger partial charge in [-0.2, -0.15) is 0 Å². The predicted octanol–water partition coefficient (Wildman–Crippen LogP) is 3.63. The van der Waals surface area contributed by atoms with Gasteiger partial charge in [0.05, 0.1) is 11.4 Å². The van der Waals surface area contributed by atoms with Crippen molar-refractivity contribution in [3.05, 3.63) is 47.5 Å². The normalized spacial score (nSPS) is 17.7. The Morgan fingerprint density at radius 1 is 1.23 bits per heavy atom. The van der Waals surface area contributed by atoms with E-state index >= 15 is 0 Å². The minimum Gasteiger partial charge on any atom is -0.479 e. The summed E-state index contributed by atoms with van der Waals surface area (Å²) in [5.74, 6) is 0.693. The van der Waals surface area contributed by atoms with Crippen LogP contribution in [0.15, 0.2) is 41.3 Å². The summed E-state index contributed by atoms with van der Waals surface area (Å²) in [6, 6.07) is 11.7. The van der Waals surface area contributed by atoms with E-state index in [-0.39, 0.29) is 11.8 Å². The van der Waals surface area contributed by atoms with Crippen molar-refractivity contribution in [3.8, 4) is 5.75 Å². The lowest BCUT2D eigenvalue weighted by Gasteiger charge is -2.23. The largest absolute Gasteiger partial charge is 0.479 e. The third-order valence-electron chi connectivity index (χ3n) is 4.63. The van der Waals surface area contributed by atoms with Crippen molar-refractivity contribution in [2.75, 3.05) is 16.4 Å². The first-order chi connectivity index (χ1) is 12.6. The van der Waals surface area contributed by atoms with Crippen LogP contribution in [0.1, 0.15) is 24.5 Å². The Kier molecular flexibility index (Phi) is 4.59. The number of benzene rings is 2. The van der Waals surface area contributed by atoms with Crippen LogP contribution in [0.3, 0.4) is 0 Å². The number of aryl methyl sites for hydroxylation is 2. The van der Waals surface area contributed by atoms with Crippen molar-refractivity contribution in [2.45, 2.75) is 37.2 Å². The first-order valence-electron chi connectivity index (χ1n) is 8.74. The maximum Gasteiger partial charge on any atom is 0.265 e. The molecule has 1 aliphatic heterocycles. The summed E-state index contributed by atoms with van der Waals surface area (Å²) < 4.78 is 5.52. The molecule has 6 heteroatoms. The van der Waals surface area contributed by atoms with E-state index in [0.717, 1.165) is 17.7 Å². The lowest BCUT2D eigenvalue weighted by atomic mass is 10.1. The Labute approximate surface area is 156 Å². The Morgan fingerprint density at radius 3 is 2.96 bits per heavy atom. The number of carbonyl (C=O) groups excluding carboxylic acids is 2. The van der Waals surface area contributed by atoms with Crippen LogP contribution in [0.2, 0.25) is 0 Å². The fourth-order valence-corrected chi connectivity index (χ4v) is 4.03. The van der Waals surface area contributed by atoms with Gasteiger partial charge in [-0.1, -0.05) is 6.07 Å². The lowest BCUT2D eigenvalue weighted by Crippen LogP contribution is -2.34. The van der Waals surface area contributed by atoms with Crippen LogP contribution in [-0.4, -0.2) is 23.7 Å². The van der Waals surface area contributed by atoms with Crippen LogP contribution in [0.25, 0.3) is 0 Å². The number of thioether (sulfide) groups is 1. The van der Waals surface area contributed by atoms with Gasteiger partial charge >= 0.3 is 0 Å². The molecule has 0 fully saturated rings. The SMILES string of the molecule is C[C@H]1Oc2ccc(NC(=O)CSc3ccc4c(c3)CCC4)cc2NC1=O. The molecule has 0 radical (unpaired) electrons. The molecule has 1 atom stereocenters. The highest BCUT2D eigenvalue weighted by molar-refractivity contribution is 8.00. The van der Waals surface area contributed by atoms with Crippen LogP contribution in [0.5, 0.6) is 5.75 Å². The molecule has 4 rings (SSSR count). The molecule has 134 valence electrons. The van der Waals surface area contributed by atoms with Gasteiger partial charge in [0, 0.05) is 10.6 Å². The number of hydrogen-bond acceptors (Lipinski definition) is 4. The van der Waals surface area contributed by atoms with Crippen molar-refractivity contribution in [1.29, 1.82) is 0 Å². The summed E-state index contributed by atoms with van der Waals surface area (Å²) in [5.41, 5.74) is 4.07. The molecular formula is C20H20N2O3S. The van der Waals surface area contributed by atoms with Gasteiger partial charge in [0.1, 0.15) is 5.75 Å². The van der Waals surface area contributed by atoms with Crippen molar-refractivity contribution in [2.24, 2.45) is 0 Å². The minimum absolute atomic E-state index is 0.0770. The summed E-state index contributed by atoms with van der Waals surface area (Å²) >= 11 is 1.54. The smallest absolute Gasteiger partial charge is 0.265 e. The Hall–Kier alpha value is -2.47. The van der Waals surface area contributed by atoms with E-state index in [0.29, 0.717) is 22.9 Å². The molecule has 1 heterocycles. The predicted molar refractivity (Wildman–Crippen MR) is 103 cm³/mol. The van der Waals surface area contributed by atoms with Gasteiger partial charge in [-0.3, -0.25) is 9.59 Å². The molecular weight excluding hydrogens is 348 g/mol. The zero-order valence-electron chi connectivity index (χ0n) is 14.5. The van der Waals surface area contributed by atoms with Crippen LogP contribution in [0.4, 0.5) is 11.4 Å². The molecule has 2 N–H and O–H groups in total. The first kappa shape index (κ1) is 17.0. The van der Waals surface area contributed by atoms with Crippen molar-refractivity contribution in [1.82, 2.24) is 0 Å². The number of carbonyl (C=O) groups is 2. The van der Waals surface area contributed by atoms with Gasteiger partial charge in [-0.25, -0.2) is 0 Å². The second kappa shape index (κ2) is 7.03. The lowest BCUT2D eigenvalue weighted by molar-refractivity contribution is -0.122. The number of fused-ring (bicyclic) bond motifs is 2. The van der Waals surface area contributed by atoms with Gasteiger partial charge in [0.15, 0.2) is 6.10 Å². The van der Waals surface area contributed by atoms with Crippen LogP contribution in [0, 0.1) is 0 Å². The van der Waals surface area contributed by atoms with Gasteiger partial charge in [-0.05, 0) is 67.6 Å². The Morgan fingerprint density at radius 2 is 2.08 bits per heavy atom. The Bertz CT molecular complexity index is 881. The number of anilines is 2. The van der Waals surface area contributed by atoms with E-state index in [1.165, 1.54) is 29.3 Å². The number of amides is 2. The van der Waals surface area contributed by atoms with Crippen LogP contribution in [-0.2, 0) is 22.4 Å². The second-order valence-corrected chi connectivity index (χ2v) is 7.63. The molecule has 0 bridgehead atoms. The zero-order valence-corrected chi connectivity index (χ0v) is 15.3. The minimum atomic E-state index is -0.508. The van der Waals surface area contributed by atoms with Gasteiger partial charge in [0.25, 0.3) is 5.91 Å². The third kappa shape index (κ3) is 3.55. The summed E-state index contributed by atoms with van der Waals surface area (Å²) in [5, 5.41) is 5.66. The standard InChI is InChI=1S/C20H20N2O3S/c1-12-20(24)22-17-10-15(6-8-18(17)25-12)21-19(23)11-26-16-7-5-13-3-2-4-14(13)9-16/h5-10,12H,2-4,11H2,1H3,(H,21,23)(H,22,24)/t12-/m1/s1. The molecule has 5 nitrogen and oxygen atoms in total. The molecule has 2 aromatic carbocycles. The molecule has 26 heavy (non-hydrogen) atoms. The average Bonchev–Trinajstić information content (AvgIpc) is 3.09. The van der Waals surface area contributed by atoms with E-state index in [1.807, 2.05) is 0 Å². The van der Waals surface area contributed by atoms with E-state index in [1.54, 1.807) is 25.1 Å². The summed E-state index contributed by atoms with van der Waals surface area (Å²) in [4.78, 5) is 25.1. The highest BCUT2D eigenvalue weighted by Gasteiger charge is 2.23. The van der Waals surface area contributed by atoms with Crippen molar-refractivity contribution >= 4 is 35.0 Å². The second-order valence-electron chi connectivity index (χ2n) is 6.58.